The number of anilines is 1. The van der Waals surface area contributed by atoms with E-state index in [4.69, 9.17) is 5.73 Å². The summed E-state index contributed by atoms with van der Waals surface area (Å²) in [6.07, 6.45) is 1.49. The van der Waals surface area contributed by atoms with Crippen LogP contribution in [0.3, 0.4) is 0 Å². The summed E-state index contributed by atoms with van der Waals surface area (Å²) in [5.74, 6) is 4.39. The van der Waals surface area contributed by atoms with Gasteiger partial charge in [-0.1, -0.05) is 11.8 Å². The number of thiazole rings is 1. The van der Waals surface area contributed by atoms with E-state index in [9.17, 15) is 9.18 Å². The third-order valence-corrected chi connectivity index (χ3v) is 3.31. The zero-order chi connectivity index (χ0) is 14.5. The molecule has 1 heterocycles. The van der Waals surface area contributed by atoms with E-state index in [0.29, 0.717) is 10.6 Å². The molecule has 0 aliphatic carbocycles. The standard InChI is InChI=1S/C14H12FN3OS/c1-9-17-8-13(20-9)14(19)18-11-5-4-10(3-2-6-16)12(15)7-11/h4-5,7-8H,6,16H2,1H3,(H,18,19). The Bertz CT molecular complexity index is 700. The normalized spacial score (nSPS) is 9.75. The van der Waals surface area contributed by atoms with Gasteiger partial charge in [-0.3, -0.25) is 4.79 Å². The Hall–Kier alpha value is -2.23. The monoisotopic (exact) mass is 289 g/mol. The van der Waals surface area contributed by atoms with E-state index in [1.54, 1.807) is 6.07 Å². The largest absolute Gasteiger partial charge is 0.321 e. The second-order valence-electron chi connectivity index (χ2n) is 3.90. The number of rotatable bonds is 2. The minimum Gasteiger partial charge on any atom is -0.321 e. The zero-order valence-corrected chi connectivity index (χ0v) is 11.6. The lowest BCUT2D eigenvalue weighted by atomic mass is 10.2. The van der Waals surface area contributed by atoms with Gasteiger partial charge in [0.2, 0.25) is 0 Å². The molecule has 20 heavy (non-hydrogen) atoms. The highest BCUT2D eigenvalue weighted by Gasteiger charge is 2.10. The Balaban J connectivity index is 2.14. The number of nitrogens with one attached hydrogen (secondary N) is 1. The number of amides is 1. The number of aryl methyl sites for hydroxylation is 1. The average Bonchev–Trinajstić information content (AvgIpc) is 2.85. The second-order valence-corrected chi connectivity index (χ2v) is 5.13. The van der Waals surface area contributed by atoms with E-state index >= 15 is 0 Å². The van der Waals surface area contributed by atoms with E-state index in [2.05, 4.69) is 22.1 Å². The molecule has 2 rings (SSSR count). The molecular formula is C14H12FN3OS. The van der Waals surface area contributed by atoms with Crippen molar-refractivity contribution in [3.63, 3.8) is 0 Å². The number of hydrogen-bond donors (Lipinski definition) is 2. The van der Waals surface area contributed by atoms with Crippen LogP contribution in [0.15, 0.2) is 24.4 Å². The van der Waals surface area contributed by atoms with E-state index in [0.717, 1.165) is 5.01 Å². The SMILES string of the molecule is Cc1ncc(C(=O)Nc2ccc(C#CCN)c(F)c2)s1. The van der Waals surface area contributed by atoms with Crippen LogP contribution in [0.5, 0.6) is 0 Å². The minimum absolute atomic E-state index is 0.169. The van der Waals surface area contributed by atoms with Crippen LogP contribution < -0.4 is 11.1 Å². The van der Waals surface area contributed by atoms with Crippen LogP contribution in [-0.4, -0.2) is 17.4 Å². The molecule has 1 amide bonds. The number of nitrogens with two attached hydrogens (primary N) is 1. The van der Waals surface area contributed by atoms with Gasteiger partial charge in [0, 0.05) is 5.69 Å². The van der Waals surface area contributed by atoms with E-state index < -0.39 is 5.82 Å². The number of halogens is 1. The highest BCUT2D eigenvalue weighted by Crippen LogP contribution is 2.17. The van der Waals surface area contributed by atoms with Gasteiger partial charge in [-0.25, -0.2) is 9.37 Å². The molecule has 0 spiro atoms. The lowest BCUT2D eigenvalue weighted by molar-refractivity contribution is 0.103. The molecule has 102 valence electrons. The third kappa shape index (κ3) is 3.41. The van der Waals surface area contributed by atoms with Gasteiger partial charge in [-0.2, -0.15) is 0 Å². The maximum atomic E-state index is 13.7. The Morgan fingerprint density at radius 2 is 2.35 bits per heavy atom. The smallest absolute Gasteiger partial charge is 0.267 e. The first-order chi connectivity index (χ1) is 9.60. The van der Waals surface area contributed by atoms with Crippen molar-refractivity contribution in [2.24, 2.45) is 5.73 Å². The highest BCUT2D eigenvalue weighted by atomic mass is 32.1. The molecule has 0 atom stereocenters. The molecule has 4 nitrogen and oxygen atoms in total. The first kappa shape index (κ1) is 14.2. The van der Waals surface area contributed by atoms with Crippen molar-refractivity contribution in [1.29, 1.82) is 0 Å². The first-order valence-corrected chi connectivity index (χ1v) is 6.64. The van der Waals surface area contributed by atoms with Crippen LogP contribution in [0.4, 0.5) is 10.1 Å². The van der Waals surface area contributed by atoms with E-state index in [1.807, 2.05) is 6.92 Å². The molecule has 2 aromatic rings. The van der Waals surface area contributed by atoms with Crippen molar-refractivity contribution in [3.05, 3.63) is 45.7 Å². The van der Waals surface area contributed by atoms with Crippen LogP contribution in [0.2, 0.25) is 0 Å². The molecule has 0 saturated heterocycles. The first-order valence-electron chi connectivity index (χ1n) is 5.82. The molecule has 0 saturated carbocycles. The average molecular weight is 289 g/mol. The minimum atomic E-state index is -0.496. The maximum Gasteiger partial charge on any atom is 0.267 e. The molecular weight excluding hydrogens is 277 g/mol. The summed E-state index contributed by atoms with van der Waals surface area (Å²) in [5, 5.41) is 3.41. The fraction of sp³-hybridized carbons (Fsp3) is 0.143. The second kappa shape index (κ2) is 6.28. The summed E-state index contributed by atoms with van der Waals surface area (Å²) in [5.41, 5.74) is 5.85. The number of carbonyl (C=O) groups excluding carboxylic acids is 1. The summed E-state index contributed by atoms with van der Waals surface area (Å²) in [6, 6.07) is 4.33. The molecule has 3 N–H and O–H groups in total. The van der Waals surface area contributed by atoms with Crippen LogP contribution >= 0.6 is 11.3 Å². The van der Waals surface area contributed by atoms with Gasteiger partial charge >= 0.3 is 0 Å². The molecule has 1 aromatic heterocycles. The molecule has 0 radical (unpaired) electrons. The lowest BCUT2D eigenvalue weighted by Gasteiger charge is -2.04. The van der Waals surface area contributed by atoms with Gasteiger partial charge in [0.25, 0.3) is 5.91 Å². The molecule has 1 aromatic carbocycles. The van der Waals surface area contributed by atoms with Gasteiger partial charge in [0.15, 0.2) is 0 Å². The quantitative estimate of drug-likeness (QED) is 0.832. The van der Waals surface area contributed by atoms with Crippen molar-refractivity contribution < 1.29 is 9.18 Å². The van der Waals surface area contributed by atoms with E-state index in [-0.39, 0.29) is 18.0 Å². The number of carbonyl (C=O) groups is 1. The number of hydrogen-bond acceptors (Lipinski definition) is 4. The predicted molar refractivity (Wildman–Crippen MR) is 77.1 cm³/mol. The van der Waals surface area contributed by atoms with Crippen LogP contribution in [-0.2, 0) is 0 Å². The van der Waals surface area contributed by atoms with Crippen molar-refractivity contribution >= 4 is 22.9 Å². The summed E-state index contributed by atoms with van der Waals surface area (Å²) in [7, 11) is 0. The Labute approximate surface area is 119 Å². The van der Waals surface area contributed by atoms with Crippen LogP contribution in [0.1, 0.15) is 20.2 Å². The lowest BCUT2D eigenvalue weighted by Crippen LogP contribution is -2.10. The Morgan fingerprint density at radius 1 is 1.55 bits per heavy atom. The van der Waals surface area contributed by atoms with Gasteiger partial charge in [-0.15, -0.1) is 11.3 Å². The zero-order valence-electron chi connectivity index (χ0n) is 10.7. The summed E-state index contributed by atoms with van der Waals surface area (Å²) < 4.78 is 13.7. The fourth-order valence-electron chi connectivity index (χ4n) is 1.50. The Morgan fingerprint density at radius 3 is 2.95 bits per heavy atom. The number of nitrogens with zero attached hydrogens (tertiary/aromatic N) is 1. The van der Waals surface area contributed by atoms with Gasteiger partial charge in [0.1, 0.15) is 10.7 Å². The maximum absolute atomic E-state index is 13.7. The Kier molecular flexibility index (Phi) is 4.45. The van der Waals surface area contributed by atoms with Crippen molar-refractivity contribution in [1.82, 2.24) is 4.98 Å². The third-order valence-electron chi connectivity index (χ3n) is 2.40. The van der Waals surface area contributed by atoms with Gasteiger partial charge < -0.3 is 11.1 Å². The van der Waals surface area contributed by atoms with Crippen LogP contribution in [0.25, 0.3) is 0 Å². The van der Waals surface area contributed by atoms with Crippen molar-refractivity contribution in [3.8, 4) is 11.8 Å². The molecule has 6 heteroatoms. The molecule has 0 bridgehead atoms. The molecule has 0 fully saturated rings. The summed E-state index contributed by atoms with van der Waals surface area (Å²) in [6.45, 7) is 1.98. The van der Waals surface area contributed by atoms with E-state index in [1.165, 1.54) is 29.7 Å². The predicted octanol–water partition coefficient (Wildman–Crippen LogP) is 2.15. The van der Waals surface area contributed by atoms with Gasteiger partial charge in [0.05, 0.1) is 23.3 Å². The number of benzene rings is 1. The highest BCUT2D eigenvalue weighted by molar-refractivity contribution is 7.13. The molecule has 0 aliphatic heterocycles. The molecule has 0 aliphatic rings. The van der Waals surface area contributed by atoms with Crippen molar-refractivity contribution in [2.45, 2.75) is 6.92 Å². The van der Waals surface area contributed by atoms with Gasteiger partial charge in [-0.05, 0) is 25.1 Å². The number of aromatic nitrogens is 1. The fourth-order valence-corrected chi connectivity index (χ4v) is 2.17. The summed E-state index contributed by atoms with van der Waals surface area (Å²) in [4.78, 5) is 16.4. The van der Waals surface area contributed by atoms with Crippen LogP contribution in [0, 0.1) is 24.6 Å². The topological polar surface area (TPSA) is 68.0 Å². The molecule has 0 unspecified atom stereocenters. The summed E-state index contributed by atoms with van der Waals surface area (Å²) >= 11 is 1.28. The van der Waals surface area contributed by atoms with Crippen molar-refractivity contribution in [2.75, 3.05) is 11.9 Å².